The van der Waals surface area contributed by atoms with Crippen molar-refractivity contribution in [3.63, 3.8) is 0 Å². The highest BCUT2D eigenvalue weighted by Crippen LogP contribution is 2.24. The summed E-state index contributed by atoms with van der Waals surface area (Å²) in [5.74, 6) is -0.501. The van der Waals surface area contributed by atoms with Crippen molar-refractivity contribution in [2.45, 2.75) is 49.3 Å². The Morgan fingerprint density at radius 3 is 2.55 bits per heavy atom. The highest BCUT2D eigenvalue weighted by Gasteiger charge is 2.41. The fourth-order valence-corrected chi connectivity index (χ4v) is 6.93. The number of likely N-dealkylation sites (tertiary alicyclic amines) is 2. The molecule has 1 unspecified atom stereocenters. The van der Waals surface area contributed by atoms with Crippen molar-refractivity contribution in [3.8, 4) is 0 Å². The number of carboxylic acid groups (broad SMARTS) is 1. The lowest BCUT2D eigenvalue weighted by Gasteiger charge is -2.37. The molecule has 5 rings (SSSR count). The second kappa shape index (κ2) is 13.3. The third-order valence-electron chi connectivity index (χ3n) is 7.56. The van der Waals surface area contributed by atoms with E-state index in [9.17, 15) is 18.0 Å². The SMILES string of the molecule is C[C@@H](C(=O)N1CCOC(CN2CCCC2)C1)N1CC[C@H](NS(=O)(=O)c2ccc3cc(Cl)ccc3c2)C1=O.O=CO. The molecule has 3 saturated heterocycles. The lowest BCUT2D eigenvalue weighted by molar-refractivity contribution is -0.148. The first-order chi connectivity index (χ1) is 19.1. The minimum absolute atomic E-state index is 0.0326. The average Bonchev–Trinajstić information content (AvgIpc) is 3.57. The zero-order chi connectivity index (χ0) is 28.9. The molecule has 0 spiro atoms. The number of carbonyl (C=O) groups is 3. The molecule has 11 nitrogen and oxygen atoms in total. The maximum absolute atomic E-state index is 13.3. The zero-order valence-corrected chi connectivity index (χ0v) is 23.9. The highest BCUT2D eigenvalue weighted by atomic mass is 35.5. The van der Waals surface area contributed by atoms with E-state index >= 15 is 0 Å². The largest absolute Gasteiger partial charge is 0.483 e. The standard InChI is InChI=1S/C26H33ClN4O5S.CH2O2/c1-18(25(32)30-12-13-36-22(17-30)16-29-9-2-3-10-29)31-11-8-24(26(31)33)28-37(34,35)23-7-5-19-14-21(27)6-4-20(19)15-23;2-1-3/h4-7,14-15,18,22,24,28H,2-3,8-13,16-17H2,1H3;1H,(H,2,3)/t18-,22?,24-;/m0./s1. The Balaban J connectivity index is 0.00000118. The number of morpholine rings is 1. The normalized spacial score (nSPS) is 22.7. The molecule has 3 aliphatic heterocycles. The number of sulfonamides is 1. The van der Waals surface area contributed by atoms with Crippen LogP contribution in [0.4, 0.5) is 0 Å². The van der Waals surface area contributed by atoms with E-state index < -0.39 is 22.1 Å². The van der Waals surface area contributed by atoms with E-state index in [1.165, 1.54) is 23.8 Å². The molecular formula is C27H35ClN4O7S. The molecule has 0 bridgehead atoms. The molecule has 0 aliphatic carbocycles. The van der Waals surface area contributed by atoms with Crippen LogP contribution in [-0.2, 0) is 29.1 Å². The fourth-order valence-electron chi connectivity index (χ4n) is 5.49. The molecule has 0 aromatic heterocycles. The molecule has 3 heterocycles. The molecule has 2 amide bonds. The summed E-state index contributed by atoms with van der Waals surface area (Å²) in [6, 6.07) is 8.41. The predicted molar refractivity (Wildman–Crippen MR) is 150 cm³/mol. The molecule has 2 aromatic rings. The third kappa shape index (κ3) is 7.10. The van der Waals surface area contributed by atoms with Gasteiger partial charge in [0.25, 0.3) is 6.47 Å². The minimum Gasteiger partial charge on any atom is -0.483 e. The van der Waals surface area contributed by atoms with Crippen molar-refractivity contribution in [3.05, 3.63) is 41.4 Å². The van der Waals surface area contributed by atoms with Crippen LogP contribution in [0.3, 0.4) is 0 Å². The van der Waals surface area contributed by atoms with Gasteiger partial charge in [0.15, 0.2) is 0 Å². The summed E-state index contributed by atoms with van der Waals surface area (Å²) < 4.78 is 34.6. The van der Waals surface area contributed by atoms with Gasteiger partial charge in [0.2, 0.25) is 21.8 Å². The first kappa shape index (κ1) is 30.2. The van der Waals surface area contributed by atoms with Crippen LogP contribution < -0.4 is 4.72 Å². The maximum atomic E-state index is 13.3. The topological polar surface area (TPSA) is 137 Å². The van der Waals surface area contributed by atoms with Gasteiger partial charge in [0.05, 0.1) is 17.6 Å². The third-order valence-corrected chi connectivity index (χ3v) is 9.26. The molecule has 3 aliphatic rings. The molecular weight excluding hydrogens is 560 g/mol. The van der Waals surface area contributed by atoms with E-state index in [2.05, 4.69) is 9.62 Å². The first-order valence-corrected chi connectivity index (χ1v) is 15.2. The lowest BCUT2D eigenvalue weighted by atomic mass is 10.1. The molecule has 0 radical (unpaired) electrons. The van der Waals surface area contributed by atoms with E-state index in [-0.39, 0.29) is 29.3 Å². The Morgan fingerprint density at radius 2 is 1.82 bits per heavy atom. The van der Waals surface area contributed by atoms with Crippen LogP contribution in [0.5, 0.6) is 0 Å². The maximum Gasteiger partial charge on any atom is 0.290 e. The van der Waals surface area contributed by atoms with Gasteiger partial charge < -0.3 is 24.5 Å². The number of benzene rings is 2. The second-order valence-electron chi connectivity index (χ2n) is 10.2. The second-order valence-corrected chi connectivity index (χ2v) is 12.4. The molecule has 2 aromatic carbocycles. The number of nitrogens with zero attached hydrogens (tertiary/aromatic N) is 3. The number of rotatable bonds is 7. The van der Waals surface area contributed by atoms with E-state index in [1.807, 2.05) is 0 Å². The van der Waals surface area contributed by atoms with Gasteiger partial charge in [-0.25, -0.2) is 8.42 Å². The van der Waals surface area contributed by atoms with E-state index in [1.54, 1.807) is 42.2 Å². The Kier molecular flexibility index (Phi) is 10.0. The van der Waals surface area contributed by atoms with Crippen LogP contribution >= 0.6 is 11.6 Å². The molecule has 0 saturated carbocycles. The van der Waals surface area contributed by atoms with Crippen molar-refractivity contribution < 1.29 is 32.6 Å². The Bertz CT molecular complexity index is 1340. The molecule has 218 valence electrons. The summed E-state index contributed by atoms with van der Waals surface area (Å²) >= 11 is 6.02. The van der Waals surface area contributed by atoms with Gasteiger partial charge in [-0.15, -0.1) is 0 Å². The summed E-state index contributed by atoms with van der Waals surface area (Å²) in [6.45, 7) is 6.20. The summed E-state index contributed by atoms with van der Waals surface area (Å²) in [6.07, 6.45) is 2.67. The number of carbonyl (C=O) groups excluding carboxylic acids is 2. The van der Waals surface area contributed by atoms with E-state index in [0.29, 0.717) is 37.7 Å². The van der Waals surface area contributed by atoms with Crippen molar-refractivity contribution in [1.29, 1.82) is 0 Å². The lowest BCUT2D eigenvalue weighted by Crippen LogP contribution is -2.55. The number of hydrogen-bond donors (Lipinski definition) is 2. The quantitative estimate of drug-likeness (QED) is 0.463. The summed E-state index contributed by atoms with van der Waals surface area (Å²) in [5.41, 5.74) is 0. The summed E-state index contributed by atoms with van der Waals surface area (Å²) in [4.78, 5) is 40.5. The Labute approximate surface area is 239 Å². The summed E-state index contributed by atoms with van der Waals surface area (Å²) in [5, 5.41) is 9.02. The van der Waals surface area contributed by atoms with Crippen molar-refractivity contribution >= 4 is 50.7 Å². The highest BCUT2D eigenvalue weighted by molar-refractivity contribution is 7.89. The van der Waals surface area contributed by atoms with Crippen LogP contribution in [0, 0.1) is 0 Å². The van der Waals surface area contributed by atoms with Crippen molar-refractivity contribution in [1.82, 2.24) is 19.4 Å². The molecule has 2 N–H and O–H groups in total. The summed E-state index contributed by atoms with van der Waals surface area (Å²) in [7, 11) is -3.93. The first-order valence-electron chi connectivity index (χ1n) is 13.4. The number of halogens is 1. The number of amides is 2. The van der Waals surface area contributed by atoms with Gasteiger partial charge in [-0.3, -0.25) is 14.4 Å². The molecule has 13 heteroatoms. The number of fused-ring (bicyclic) bond motifs is 1. The van der Waals surface area contributed by atoms with Gasteiger partial charge in [0, 0.05) is 31.2 Å². The van der Waals surface area contributed by atoms with Crippen molar-refractivity contribution in [2.75, 3.05) is 45.9 Å². The monoisotopic (exact) mass is 594 g/mol. The van der Waals surface area contributed by atoms with Crippen LogP contribution in [-0.4, -0.2) is 111 Å². The molecule has 3 fully saturated rings. The van der Waals surface area contributed by atoms with E-state index in [0.717, 1.165) is 30.4 Å². The number of nitrogens with one attached hydrogen (secondary N) is 1. The predicted octanol–water partition coefficient (Wildman–Crippen LogP) is 1.78. The fraction of sp³-hybridized carbons (Fsp3) is 0.519. The smallest absolute Gasteiger partial charge is 0.290 e. The van der Waals surface area contributed by atoms with Crippen LogP contribution in [0.2, 0.25) is 5.02 Å². The Hall–Kier alpha value is -2.77. The van der Waals surface area contributed by atoms with E-state index in [4.69, 9.17) is 26.2 Å². The Morgan fingerprint density at radius 1 is 1.15 bits per heavy atom. The molecule has 3 atom stereocenters. The zero-order valence-electron chi connectivity index (χ0n) is 22.4. The minimum atomic E-state index is -3.93. The van der Waals surface area contributed by atoms with Crippen LogP contribution in [0.15, 0.2) is 41.3 Å². The van der Waals surface area contributed by atoms with Gasteiger partial charge in [-0.2, -0.15) is 4.72 Å². The average molecular weight is 595 g/mol. The van der Waals surface area contributed by atoms with Crippen molar-refractivity contribution in [2.24, 2.45) is 0 Å². The number of hydrogen-bond acceptors (Lipinski definition) is 7. The van der Waals surface area contributed by atoms with Gasteiger partial charge in [-0.1, -0.05) is 23.7 Å². The number of ether oxygens (including phenoxy) is 1. The van der Waals surface area contributed by atoms with Gasteiger partial charge in [-0.05, 0) is 74.3 Å². The van der Waals surface area contributed by atoms with Gasteiger partial charge in [0.1, 0.15) is 12.1 Å². The molecule has 40 heavy (non-hydrogen) atoms. The van der Waals surface area contributed by atoms with Crippen LogP contribution in [0.25, 0.3) is 10.8 Å². The van der Waals surface area contributed by atoms with Gasteiger partial charge >= 0.3 is 0 Å². The van der Waals surface area contributed by atoms with Crippen LogP contribution in [0.1, 0.15) is 26.2 Å².